The Morgan fingerprint density at radius 2 is 1.89 bits per heavy atom. The Morgan fingerprint density at radius 1 is 1.11 bits per heavy atom. The standard InChI is InChI=1S/C14H9ClO4/c15-9-4-6-10(7-5-9)19-14(16)11-2-1-3-12-13(11)18-8-17-12/h1-7H,8H2. The Labute approximate surface area is 114 Å². The summed E-state index contributed by atoms with van der Waals surface area (Å²) in [4.78, 5) is 12.1. The van der Waals surface area contributed by atoms with Gasteiger partial charge in [-0.3, -0.25) is 0 Å². The molecule has 19 heavy (non-hydrogen) atoms. The maximum absolute atomic E-state index is 12.1. The Kier molecular flexibility index (Phi) is 3.01. The molecule has 0 saturated carbocycles. The number of hydrogen-bond donors (Lipinski definition) is 0. The summed E-state index contributed by atoms with van der Waals surface area (Å²) in [5.41, 5.74) is 0.338. The lowest BCUT2D eigenvalue weighted by Crippen LogP contribution is -2.09. The molecule has 1 aliphatic rings. The number of carbonyl (C=O) groups excluding carboxylic acids is 1. The van der Waals surface area contributed by atoms with Crippen molar-refractivity contribution in [1.82, 2.24) is 0 Å². The van der Waals surface area contributed by atoms with Gasteiger partial charge in [-0.2, -0.15) is 0 Å². The summed E-state index contributed by atoms with van der Waals surface area (Å²) in [6.45, 7) is 0.112. The Balaban J connectivity index is 1.85. The van der Waals surface area contributed by atoms with E-state index in [1.165, 1.54) is 0 Å². The van der Waals surface area contributed by atoms with Crippen LogP contribution in [0.15, 0.2) is 42.5 Å². The quantitative estimate of drug-likeness (QED) is 0.624. The summed E-state index contributed by atoms with van der Waals surface area (Å²) in [5.74, 6) is 0.891. The van der Waals surface area contributed by atoms with Gasteiger partial charge in [-0.05, 0) is 36.4 Å². The molecule has 0 aromatic heterocycles. The fourth-order valence-corrected chi connectivity index (χ4v) is 1.88. The first-order valence-electron chi connectivity index (χ1n) is 5.60. The minimum absolute atomic E-state index is 0.112. The third-order valence-corrected chi connectivity index (χ3v) is 2.89. The van der Waals surface area contributed by atoms with Gasteiger partial charge in [0.15, 0.2) is 11.5 Å². The Bertz CT molecular complexity index is 622. The van der Waals surface area contributed by atoms with E-state index in [0.717, 1.165) is 0 Å². The van der Waals surface area contributed by atoms with Crippen LogP contribution in [0.5, 0.6) is 17.2 Å². The molecule has 0 bridgehead atoms. The van der Waals surface area contributed by atoms with Crippen LogP contribution in [0.3, 0.4) is 0 Å². The predicted molar refractivity (Wildman–Crippen MR) is 69.0 cm³/mol. The molecule has 1 heterocycles. The molecule has 3 rings (SSSR count). The second-order valence-corrected chi connectivity index (χ2v) is 4.32. The Hall–Kier alpha value is -2.20. The highest BCUT2D eigenvalue weighted by molar-refractivity contribution is 6.30. The van der Waals surface area contributed by atoms with Crippen molar-refractivity contribution in [3.8, 4) is 17.2 Å². The largest absolute Gasteiger partial charge is 0.454 e. The SMILES string of the molecule is O=C(Oc1ccc(Cl)cc1)c1cccc2c1OCO2. The van der Waals surface area contributed by atoms with Crippen LogP contribution in [0.4, 0.5) is 0 Å². The summed E-state index contributed by atoms with van der Waals surface area (Å²) >= 11 is 5.76. The molecule has 96 valence electrons. The average Bonchev–Trinajstić information content (AvgIpc) is 2.89. The number of carbonyl (C=O) groups is 1. The van der Waals surface area contributed by atoms with Gasteiger partial charge in [0, 0.05) is 5.02 Å². The first-order valence-corrected chi connectivity index (χ1v) is 5.98. The van der Waals surface area contributed by atoms with Crippen molar-refractivity contribution in [3.63, 3.8) is 0 Å². The fourth-order valence-electron chi connectivity index (χ4n) is 1.76. The maximum Gasteiger partial charge on any atom is 0.347 e. The molecule has 0 unspecified atom stereocenters. The average molecular weight is 277 g/mol. The van der Waals surface area contributed by atoms with Gasteiger partial charge in [0.1, 0.15) is 11.3 Å². The van der Waals surface area contributed by atoms with Crippen molar-refractivity contribution in [2.75, 3.05) is 6.79 Å². The van der Waals surface area contributed by atoms with E-state index in [0.29, 0.717) is 27.8 Å². The third-order valence-electron chi connectivity index (χ3n) is 2.64. The van der Waals surface area contributed by atoms with Gasteiger partial charge < -0.3 is 14.2 Å². The number of esters is 1. The minimum Gasteiger partial charge on any atom is -0.454 e. The molecule has 0 atom stereocenters. The van der Waals surface area contributed by atoms with E-state index in [1.54, 1.807) is 42.5 Å². The smallest absolute Gasteiger partial charge is 0.347 e. The molecule has 5 heteroatoms. The Morgan fingerprint density at radius 3 is 2.68 bits per heavy atom. The molecule has 2 aromatic rings. The number of fused-ring (bicyclic) bond motifs is 1. The van der Waals surface area contributed by atoms with Crippen molar-refractivity contribution in [2.24, 2.45) is 0 Å². The summed E-state index contributed by atoms with van der Waals surface area (Å²) in [5, 5.41) is 0.581. The molecule has 2 aromatic carbocycles. The molecule has 0 radical (unpaired) electrons. The van der Waals surface area contributed by atoms with E-state index in [4.69, 9.17) is 25.8 Å². The van der Waals surface area contributed by atoms with Crippen molar-refractivity contribution >= 4 is 17.6 Å². The minimum atomic E-state index is -0.496. The van der Waals surface area contributed by atoms with Crippen LogP contribution in [-0.2, 0) is 0 Å². The van der Waals surface area contributed by atoms with Gasteiger partial charge in [-0.15, -0.1) is 0 Å². The molecule has 0 fully saturated rings. The number of ether oxygens (including phenoxy) is 3. The van der Waals surface area contributed by atoms with Gasteiger partial charge in [-0.25, -0.2) is 4.79 Å². The third kappa shape index (κ3) is 2.35. The normalized spacial score (nSPS) is 12.3. The van der Waals surface area contributed by atoms with Crippen LogP contribution in [0.1, 0.15) is 10.4 Å². The van der Waals surface area contributed by atoms with Crippen LogP contribution >= 0.6 is 11.6 Å². The van der Waals surface area contributed by atoms with Gasteiger partial charge >= 0.3 is 5.97 Å². The molecule has 0 N–H and O–H groups in total. The van der Waals surface area contributed by atoms with Crippen LogP contribution in [0.2, 0.25) is 5.02 Å². The summed E-state index contributed by atoms with van der Waals surface area (Å²) < 4.78 is 15.7. The van der Waals surface area contributed by atoms with E-state index in [2.05, 4.69) is 0 Å². The lowest BCUT2D eigenvalue weighted by molar-refractivity contribution is 0.0730. The van der Waals surface area contributed by atoms with Crippen LogP contribution in [-0.4, -0.2) is 12.8 Å². The molecule has 0 saturated heterocycles. The molecular weight excluding hydrogens is 268 g/mol. The molecule has 0 aliphatic carbocycles. The topological polar surface area (TPSA) is 44.8 Å². The van der Waals surface area contributed by atoms with Crippen LogP contribution in [0, 0.1) is 0 Å². The van der Waals surface area contributed by atoms with Gasteiger partial charge in [0.05, 0.1) is 0 Å². The van der Waals surface area contributed by atoms with Crippen molar-refractivity contribution in [2.45, 2.75) is 0 Å². The fraction of sp³-hybridized carbons (Fsp3) is 0.0714. The predicted octanol–water partition coefficient (Wildman–Crippen LogP) is 3.29. The van der Waals surface area contributed by atoms with E-state index in [9.17, 15) is 4.79 Å². The zero-order valence-corrected chi connectivity index (χ0v) is 10.5. The first-order chi connectivity index (χ1) is 9.24. The highest BCUT2D eigenvalue weighted by Gasteiger charge is 2.23. The maximum atomic E-state index is 12.1. The lowest BCUT2D eigenvalue weighted by atomic mass is 10.2. The van der Waals surface area contributed by atoms with E-state index in [-0.39, 0.29) is 6.79 Å². The molecular formula is C14H9ClO4. The van der Waals surface area contributed by atoms with Crippen molar-refractivity contribution < 1.29 is 19.0 Å². The number of hydrogen-bond acceptors (Lipinski definition) is 4. The van der Waals surface area contributed by atoms with Crippen LogP contribution < -0.4 is 14.2 Å². The highest BCUT2D eigenvalue weighted by atomic mass is 35.5. The molecule has 4 nitrogen and oxygen atoms in total. The number of para-hydroxylation sites is 1. The van der Waals surface area contributed by atoms with Crippen LogP contribution in [0.25, 0.3) is 0 Å². The van der Waals surface area contributed by atoms with E-state index < -0.39 is 5.97 Å². The lowest BCUT2D eigenvalue weighted by Gasteiger charge is -2.06. The zero-order valence-electron chi connectivity index (χ0n) is 9.76. The van der Waals surface area contributed by atoms with Crippen molar-refractivity contribution in [3.05, 3.63) is 53.1 Å². The van der Waals surface area contributed by atoms with E-state index in [1.807, 2.05) is 0 Å². The second kappa shape index (κ2) is 4.82. The first kappa shape index (κ1) is 11.9. The molecule has 0 amide bonds. The van der Waals surface area contributed by atoms with Gasteiger partial charge in [-0.1, -0.05) is 17.7 Å². The summed E-state index contributed by atoms with van der Waals surface area (Å²) in [7, 11) is 0. The zero-order chi connectivity index (χ0) is 13.2. The van der Waals surface area contributed by atoms with Crippen molar-refractivity contribution in [1.29, 1.82) is 0 Å². The molecule has 0 spiro atoms. The second-order valence-electron chi connectivity index (χ2n) is 3.88. The molecule has 1 aliphatic heterocycles. The number of rotatable bonds is 2. The number of halogens is 1. The van der Waals surface area contributed by atoms with Gasteiger partial charge in [0.25, 0.3) is 0 Å². The monoisotopic (exact) mass is 276 g/mol. The van der Waals surface area contributed by atoms with E-state index >= 15 is 0 Å². The number of benzene rings is 2. The highest BCUT2D eigenvalue weighted by Crippen LogP contribution is 2.35. The summed E-state index contributed by atoms with van der Waals surface area (Å²) in [6.07, 6.45) is 0. The van der Waals surface area contributed by atoms with Gasteiger partial charge in [0.2, 0.25) is 6.79 Å². The summed E-state index contributed by atoms with van der Waals surface area (Å²) in [6, 6.07) is 11.6.